The van der Waals surface area contributed by atoms with Gasteiger partial charge in [-0.2, -0.15) is 0 Å². The number of halogens is 3. The molecule has 1 nitrogen and oxygen atoms in total. The lowest BCUT2D eigenvalue weighted by Crippen LogP contribution is -1.90. The summed E-state index contributed by atoms with van der Waals surface area (Å²) >= 11 is 6.62. The first-order chi connectivity index (χ1) is 7.11. The zero-order valence-corrected chi connectivity index (χ0v) is 11.0. The normalized spacial score (nSPS) is 10.7. The van der Waals surface area contributed by atoms with Gasteiger partial charge in [-0.1, -0.05) is 15.9 Å². The first kappa shape index (κ1) is 10.9. The summed E-state index contributed by atoms with van der Waals surface area (Å²) in [5, 5.41) is 0. The lowest BCUT2D eigenvalue weighted by Gasteiger charge is -2.07. The van der Waals surface area contributed by atoms with Crippen LogP contribution in [0, 0.1) is 12.7 Å². The van der Waals surface area contributed by atoms with Crippen LogP contribution in [0.4, 0.5) is 4.39 Å². The van der Waals surface area contributed by atoms with Crippen LogP contribution in [0.15, 0.2) is 37.8 Å². The van der Waals surface area contributed by atoms with Crippen LogP contribution in [0.1, 0.15) is 5.56 Å². The van der Waals surface area contributed by atoms with Crippen molar-refractivity contribution < 1.29 is 8.81 Å². The van der Waals surface area contributed by atoms with Crippen molar-refractivity contribution in [3.63, 3.8) is 0 Å². The van der Waals surface area contributed by atoms with Crippen molar-refractivity contribution in [3.8, 4) is 11.3 Å². The first-order valence-electron chi connectivity index (χ1n) is 4.29. The molecule has 0 aliphatic carbocycles. The Morgan fingerprint density at radius 3 is 2.60 bits per heavy atom. The second kappa shape index (κ2) is 4.10. The molecule has 15 heavy (non-hydrogen) atoms. The van der Waals surface area contributed by atoms with Gasteiger partial charge in [0, 0.05) is 8.95 Å². The average molecular weight is 334 g/mol. The molecule has 0 fully saturated rings. The highest BCUT2D eigenvalue weighted by Crippen LogP contribution is 2.36. The highest BCUT2D eigenvalue weighted by Gasteiger charge is 2.16. The van der Waals surface area contributed by atoms with Gasteiger partial charge in [0.05, 0.1) is 11.8 Å². The Morgan fingerprint density at radius 1 is 1.27 bits per heavy atom. The predicted molar refractivity (Wildman–Crippen MR) is 64.2 cm³/mol. The van der Waals surface area contributed by atoms with E-state index in [0.29, 0.717) is 21.4 Å². The monoisotopic (exact) mass is 332 g/mol. The van der Waals surface area contributed by atoms with Crippen LogP contribution >= 0.6 is 31.9 Å². The van der Waals surface area contributed by atoms with Crippen molar-refractivity contribution in [2.75, 3.05) is 0 Å². The average Bonchev–Trinajstić information content (AvgIpc) is 2.68. The standard InChI is InChI=1S/C11H7Br2FO/c1-6-7(12)5-8(13)10(11(6)14)9-3-2-4-15-9/h2-5H,1H3. The minimum Gasteiger partial charge on any atom is -0.464 e. The smallest absolute Gasteiger partial charge is 0.139 e. The molecule has 0 bridgehead atoms. The fraction of sp³-hybridized carbons (Fsp3) is 0.0909. The van der Waals surface area contributed by atoms with Gasteiger partial charge in [-0.05, 0) is 46.6 Å². The van der Waals surface area contributed by atoms with Gasteiger partial charge in [-0.25, -0.2) is 4.39 Å². The lowest BCUT2D eigenvalue weighted by atomic mass is 10.1. The number of hydrogen-bond acceptors (Lipinski definition) is 1. The quantitative estimate of drug-likeness (QED) is 0.722. The molecule has 2 aromatic rings. The fourth-order valence-corrected chi connectivity index (χ4v) is 2.64. The van der Waals surface area contributed by atoms with E-state index >= 15 is 0 Å². The maximum Gasteiger partial charge on any atom is 0.139 e. The van der Waals surface area contributed by atoms with E-state index in [9.17, 15) is 4.39 Å². The van der Waals surface area contributed by atoms with E-state index in [1.807, 2.05) is 6.07 Å². The van der Waals surface area contributed by atoms with Gasteiger partial charge in [-0.3, -0.25) is 0 Å². The molecule has 2 rings (SSSR count). The molecule has 0 spiro atoms. The molecule has 1 aromatic heterocycles. The van der Waals surface area contributed by atoms with Crippen molar-refractivity contribution in [3.05, 3.63) is 44.8 Å². The summed E-state index contributed by atoms with van der Waals surface area (Å²) < 4.78 is 20.6. The van der Waals surface area contributed by atoms with Crippen molar-refractivity contribution in [1.82, 2.24) is 0 Å². The third-order valence-electron chi connectivity index (χ3n) is 2.17. The zero-order valence-electron chi connectivity index (χ0n) is 7.85. The summed E-state index contributed by atoms with van der Waals surface area (Å²) in [7, 11) is 0. The Hall–Kier alpha value is -0.610. The second-order valence-corrected chi connectivity index (χ2v) is 4.84. The molecule has 4 heteroatoms. The van der Waals surface area contributed by atoms with Gasteiger partial charge in [-0.15, -0.1) is 0 Å². The van der Waals surface area contributed by atoms with Gasteiger partial charge < -0.3 is 4.42 Å². The largest absolute Gasteiger partial charge is 0.464 e. The van der Waals surface area contributed by atoms with Gasteiger partial charge >= 0.3 is 0 Å². The van der Waals surface area contributed by atoms with Crippen LogP contribution in [-0.4, -0.2) is 0 Å². The van der Waals surface area contributed by atoms with E-state index in [1.54, 1.807) is 19.1 Å². The maximum atomic E-state index is 14.0. The zero-order chi connectivity index (χ0) is 11.0. The van der Waals surface area contributed by atoms with E-state index < -0.39 is 0 Å². The van der Waals surface area contributed by atoms with Crippen LogP contribution in [0.25, 0.3) is 11.3 Å². The SMILES string of the molecule is Cc1c(Br)cc(Br)c(-c2ccco2)c1F. The lowest BCUT2D eigenvalue weighted by molar-refractivity contribution is 0.566. The molecule has 0 unspecified atom stereocenters. The minimum atomic E-state index is -0.272. The molecular formula is C11H7Br2FO. The van der Waals surface area contributed by atoms with Crippen LogP contribution in [-0.2, 0) is 0 Å². The minimum absolute atomic E-state index is 0.272. The Bertz CT molecular complexity index is 492. The highest BCUT2D eigenvalue weighted by atomic mass is 79.9. The van der Waals surface area contributed by atoms with Crippen molar-refractivity contribution in [2.24, 2.45) is 0 Å². The molecule has 1 aromatic carbocycles. The number of furan rings is 1. The Labute approximate surface area is 104 Å². The Balaban J connectivity index is 2.72. The summed E-state index contributed by atoms with van der Waals surface area (Å²) in [4.78, 5) is 0. The summed E-state index contributed by atoms with van der Waals surface area (Å²) in [5.74, 6) is 0.251. The molecule has 1 heterocycles. The van der Waals surface area contributed by atoms with E-state index in [-0.39, 0.29) is 5.82 Å². The van der Waals surface area contributed by atoms with Gasteiger partial charge in [0.2, 0.25) is 0 Å². The molecule has 0 N–H and O–H groups in total. The van der Waals surface area contributed by atoms with Crippen molar-refractivity contribution in [2.45, 2.75) is 6.92 Å². The molecule has 0 amide bonds. The Kier molecular flexibility index (Phi) is 2.98. The molecule has 0 aliphatic rings. The Morgan fingerprint density at radius 2 is 2.00 bits per heavy atom. The van der Waals surface area contributed by atoms with E-state index in [4.69, 9.17) is 4.42 Å². The fourth-order valence-electron chi connectivity index (χ4n) is 1.34. The van der Waals surface area contributed by atoms with Gasteiger partial charge in [0.1, 0.15) is 11.6 Å². The predicted octanol–water partition coefficient (Wildman–Crippen LogP) is 4.92. The third kappa shape index (κ3) is 1.88. The van der Waals surface area contributed by atoms with E-state index in [2.05, 4.69) is 31.9 Å². The molecule has 0 atom stereocenters. The first-order valence-corrected chi connectivity index (χ1v) is 5.88. The van der Waals surface area contributed by atoms with E-state index in [1.165, 1.54) is 6.26 Å². The highest BCUT2D eigenvalue weighted by molar-refractivity contribution is 9.11. The van der Waals surface area contributed by atoms with Gasteiger partial charge in [0.25, 0.3) is 0 Å². The summed E-state index contributed by atoms with van der Waals surface area (Å²) in [6, 6.07) is 5.28. The third-order valence-corrected chi connectivity index (χ3v) is 3.62. The summed E-state index contributed by atoms with van der Waals surface area (Å²) in [6.07, 6.45) is 1.53. The second-order valence-electron chi connectivity index (χ2n) is 3.13. The molecule has 78 valence electrons. The van der Waals surface area contributed by atoms with Crippen LogP contribution in [0.2, 0.25) is 0 Å². The molecular weight excluding hydrogens is 327 g/mol. The number of hydrogen-bond donors (Lipinski definition) is 0. The molecule has 0 saturated heterocycles. The number of rotatable bonds is 1. The van der Waals surface area contributed by atoms with E-state index in [0.717, 1.165) is 4.47 Å². The van der Waals surface area contributed by atoms with Crippen LogP contribution < -0.4 is 0 Å². The molecule has 0 saturated carbocycles. The maximum absolute atomic E-state index is 14.0. The van der Waals surface area contributed by atoms with Crippen LogP contribution in [0.3, 0.4) is 0 Å². The van der Waals surface area contributed by atoms with Crippen molar-refractivity contribution in [1.29, 1.82) is 0 Å². The molecule has 0 radical (unpaired) electrons. The molecule has 0 aliphatic heterocycles. The number of benzene rings is 1. The van der Waals surface area contributed by atoms with Crippen molar-refractivity contribution >= 4 is 31.9 Å². The topological polar surface area (TPSA) is 13.1 Å². The van der Waals surface area contributed by atoms with Gasteiger partial charge in [0.15, 0.2) is 0 Å². The van der Waals surface area contributed by atoms with Crippen LogP contribution in [0.5, 0.6) is 0 Å². The summed E-state index contributed by atoms with van der Waals surface area (Å²) in [5.41, 5.74) is 1.03. The summed E-state index contributed by atoms with van der Waals surface area (Å²) in [6.45, 7) is 1.72.